The van der Waals surface area contributed by atoms with Crippen LogP contribution in [0.15, 0.2) is 24.3 Å². The van der Waals surface area contributed by atoms with E-state index in [0.717, 1.165) is 12.8 Å². The molecule has 0 fully saturated rings. The van der Waals surface area contributed by atoms with Gasteiger partial charge in [0.15, 0.2) is 0 Å². The molecule has 0 saturated heterocycles. The van der Waals surface area contributed by atoms with Gasteiger partial charge in [-0.3, -0.25) is 0 Å². The van der Waals surface area contributed by atoms with Crippen molar-refractivity contribution in [3.63, 3.8) is 0 Å². The summed E-state index contributed by atoms with van der Waals surface area (Å²) in [5, 5.41) is 0. The second-order valence-electron chi connectivity index (χ2n) is 5.77. The standard InChI is InChI=1S/C19H28O5/c1-5-8-15-9-11-16(12-10-15)18(20)24-17(6-2)14(4)13-23-19(21)22-7-3/h9-12,14,17H,5-8,13H2,1-4H3. The molecule has 0 spiro atoms. The number of carbonyl (C=O) groups is 2. The maximum atomic E-state index is 12.3. The minimum Gasteiger partial charge on any atom is -0.458 e. The van der Waals surface area contributed by atoms with Crippen LogP contribution in [0.4, 0.5) is 4.79 Å². The van der Waals surface area contributed by atoms with Crippen molar-refractivity contribution in [2.75, 3.05) is 13.2 Å². The van der Waals surface area contributed by atoms with Gasteiger partial charge in [-0.2, -0.15) is 0 Å². The van der Waals surface area contributed by atoms with E-state index in [0.29, 0.717) is 12.0 Å². The minimum absolute atomic E-state index is 0.109. The van der Waals surface area contributed by atoms with Crippen molar-refractivity contribution in [2.24, 2.45) is 5.92 Å². The second-order valence-corrected chi connectivity index (χ2v) is 5.77. The quantitative estimate of drug-likeness (QED) is 0.626. The average molecular weight is 336 g/mol. The molecule has 0 aliphatic carbocycles. The zero-order valence-electron chi connectivity index (χ0n) is 15.0. The summed E-state index contributed by atoms with van der Waals surface area (Å²) in [7, 11) is 0. The van der Waals surface area contributed by atoms with Crippen LogP contribution in [0.1, 0.15) is 56.5 Å². The van der Waals surface area contributed by atoms with Crippen molar-refractivity contribution in [1.29, 1.82) is 0 Å². The summed E-state index contributed by atoms with van der Waals surface area (Å²) in [6.07, 6.45) is 1.70. The van der Waals surface area contributed by atoms with Gasteiger partial charge in [-0.25, -0.2) is 9.59 Å². The van der Waals surface area contributed by atoms with Gasteiger partial charge in [0.05, 0.1) is 12.2 Å². The summed E-state index contributed by atoms with van der Waals surface area (Å²) in [5.41, 5.74) is 1.74. The molecule has 0 N–H and O–H groups in total. The molecule has 1 rings (SSSR count). The zero-order valence-corrected chi connectivity index (χ0v) is 15.0. The van der Waals surface area contributed by atoms with Crippen LogP contribution in [0.3, 0.4) is 0 Å². The molecule has 0 aliphatic rings. The number of hydrogen-bond donors (Lipinski definition) is 0. The number of esters is 1. The lowest BCUT2D eigenvalue weighted by molar-refractivity contribution is -0.00513. The lowest BCUT2D eigenvalue weighted by atomic mass is 10.0. The van der Waals surface area contributed by atoms with Gasteiger partial charge in [0, 0.05) is 5.92 Å². The molecule has 1 aromatic carbocycles. The van der Waals surface area contributed by atoms with Crippen LogP contribution < -0.4 is 0 Å². The number of aryl methyl sites for hydroxylation is 1. The summed E-state index contributed by atoms with van der Waals surface area (Å²) < 4.78 is 15.3. The van der Waals surface area contributed by atoms with E-state index in [1.54, 1.807) is 19.1 Å². The maximum absolute atomic E-state index is 12.3. The fourth-order valence-electron chi connectivity index (χ4n) is 2.37. The molecule has 5 nitrogen and oxygen atoms in total. The third-order valence-corrected chi connectivity index (χ3v) is 3.75. The Balaban J connectivity index is 2.56. The minimum atomic E-state index is -0.697. The summed E-state index contributed by atoms with van der Waals surface area (Å²) in [6, 6.07) is 7.49. The van der Waals surface area contributed by atoms with Crippen molar-refractivity contribution in [3.05, 3.63) is 35.4 Å². The van der Waals surface area contributed by atoms with E-state index in [4.69, 9.17) is 14.2 Å². The van der Waals surface area contributed by atoms with Crippen LogP contribution >= 0.6 is 0 Å². The molecule has 134 valence electrons. The van der Waals surface area contributed by atoms with Gasteiger partial charge in [-0.15, -0.1) is 0 Å². The Hall–Kier alpha value is -2.04. The zero-order chi connectivity index (χ0) is 17.9. The number of carbonyl (C=O) groups excluding carboxylic acids is 2. The highest BCUT2D eigenvalue weighted by Crippen LogP contribution is 2.16. The first-order valence-electron chi connectivity index (χ1n) is 8.61. The van der Waals surface area contributed by atoms with Crippen LogP contribution in [0, 0.1) is 5.92 Å². The first kappa shape index (κ1) is 20.0. The third-order valence-electron chi connectivity index (χ3n) is 3.75. The van der Waals surface area contributed by atoms with Crippen molar-refractivity contribution in [3.8, 4) is 0 Å². The molecular formula is C19H28O5. The predicted octanol–water partition coefficient (Wildman–Crippen LogP) is 4.38. The lowest BCUT2D eigenvalue weighted by Crippen LogP contribution is -2.29. The average Bonchev–Trinajstić information content (AvgIpc) is 2.58. The number of rotatable bonds is 9. The summed E-state index contributed by atoms with van der Waals surface area (Å²) in [4.78, 5) is 23.5. The smallest absolute Gasteiger partial charge is 0.458 e. The van der Waals surface area contributed by atoms with E-state index in [-0.39, 0.29) is 31.2 Å². The number of benzene rings is 1. The van der Waals surface area contributed by atoms with Gasteiger partial charge in [0.25, 0.3) is 0 Å². The Labute approximate surface area is 144 Å². The lowest BCUT2D eigenvalue weighted by Gasteiger charge is -2.22. The molecule has 0 aromatic heterocycles. The van der Waals surface area contributed by atoms with Gasteiger partial charge < -0.3 is 14.2 Å². The van der Waals surface area contributed by atoms with Gasteiger partial charge in [0.2, 0.25) is 0 Å². The van der Waals surface area contributed by atoms with Gasteiger partial charge in [-0.1, -0.05) is 39.3 Å². The van der Waals surface area contributed by atoms with Crippen molar-refractivity contribution in [2.45, 2.75) is 53.1 Å². The Bertz CT molecular complexity index is 509. The van der Waals surface area contributed by atoms with Crippen LogP contribution in [-0.4, -0.2) is 31.4 Å². The van der Waals surface area contributed by atoms with Crippen molar-refractivity contribution in [1.82, 2.24) is 0 Å². The largest absolute Gasteiger partial charge is 0.508 e. The molecule has 0 bridgehead atoms. The second kappa shape index (κ2) is 10.7. The van der Waals surface area contributed by atoms with E-state index in [2.05, 4.69) is 6.92 Å². The van der Waals surface area contributed by atoms with Crippen LogP contribution in [-0.2, 0) is 20.6 Å². The van der Waals surface area contributed by atoms with E-state index in [1.165, 1.54) is 5.56 Å². The first-order chi connectivity index (χ1) is 11.5. The van der Waals surface area contributed by atoms with Crippen LogP contribution in [0.25, 0.3) is 0 Å². The Kier molecular flexibility index (Phi) is 8.90. The topological polar surface area (TPSA) is 61.8 Å². The monoisotopic (exact) mass is 336 g/mol. The molecule has 0 heterocycles. The summed E-state index contributed by atoms with van der Waals surface area (Å²) in [5.74, 6) is -0.462. The van der Waals surface area contributed by atoms with Gasteiger partial charge >= 0.3 is 12.1 Å². The highest BCUT2D eigenvalue weighted by molar-refractivity contribution is 5.89. The highest BCUT2D eigenvalue weighted by Gasteiger charge is 2.22. The Morgan fingerprint density at radius 3 is 2.25 bits per heavy atom. The third kappa shape index (κ3) is 6.60. The van der Waals surface area contributed by atoms with E-state index >= 15 is 0 Å². The molecule has 0 aliphatic heterocycles. The molecule has 2 unspecified atom stereocenters. The molecule has 2 atom stereocenters. The Morgan fingerprint density at radius 1 is 1.04 bits per heavy atom. The molecule has 0 saturated carbocycles. The highest BCUT2D eigenvalue weighted by atomic mass is 16.7. The van der Waals surface area contributed by atoms with E-state index in [9.17, 15) is 9.59 Å². The van der Waals surface area contributed by atoms with Gasteiger partial charge in [-0.05, 0) is 37.5 Å². The SMILES string of the molecule is CCCc1ccc(C(=O)OC(CC)C(C)COC(=O)OCC)cc1. The van der Waals surface area contributed by atoms with Crippen LogP contribution in [0.2, 0.25) is 0 Å². The van der Waals surface area contributed by atoms with Crippen molar-refractivity contribution >= 4 is 12.1 Å². The fraction of sp³-hybridized carbons (Fsp3) is 0.579. The first-order valence-corrected chi connectivity index (χ1v) is 8.61. The molecule has 24 heavy (non-hydrogen) atoms. The van der Waals surface area contributed by atoms with E-state index in [1.807, 2.05) is 26.0 Å². The molecule has 5 heteroatoms. The normalized spacial score (nSPS) is 13.0. The summed E-state index contributed by atoms with van der Waals surface area (Å²) in [6.45, 7) is 8.07. The fourth-order valence-corrected chi connectivity index (χ4v) is 2.37. The molecule has 1 aromatic rings. The number of ether oxygens (including phenoxy) is 3. The maximum Gasteiger partial charge on any atom is 0.508 e. The van der Waals surface area contributed by atoms with E-state index < -0.39 is 6.16 Å². The summed E-state index contributed by atoms with van der Waals surface area (Å²) >= 11 is 0. The van der Waals surface area contributed by atoms with Crippen LogP contribution in [0.5, 0.6) is 0 Å². The molecular weight excluding hydrogens is 308 g/mol. The Morgan fingerprint density at radius 2 is 1.71 bits per heavy atom. The van der Waals surface area contributed by atoms with Crippen molar-refractivity contribution < 1.29 is 23.8 Å². The number of hydrogen-bond acceptors (Lipinski definition) is 5. The molecule has 0 amide bonds. The predicted molar refractivity (Wildman–Crippen MR) is 92.1 cm³/mol. The van der Waals surface area contributed by atoms with Gasteiger partial charge in [0.1, 0.15) is 12.7 Å². The molecule has 0 radical (unpaired) electrons.